The lowest BCUT2D eigenvalue weighted by Gasteiger charge is -2.20. The molecule has 0 fully saturated rings. The maximum absolute atomic E-state index is 13.1. The van der Waals surface area contributed by atoms with Gasteiger partial charge in [0.05, 0.1) is 30.4 Å². The number of hydrogen-bond acceptors (Lipinski definition) is 9. The molecule has 0 spiro atoms. The molecule has 0 bridgehead atoms. The minimum atomic E-state index is -5.97. The predicted octanol–water partition coefficient (Wildman–Crippen LogP) is 4.52. The number of nitrogens with zero attached hydrogens (tertiary/aromatic N) is 2. The second kappa shape index (κ2) is 9.58. The van der Waals surface area contributed by atoms with E-state index in [0.29, 0.717) is 0 Å². The van der Waals surface area contributed by atoms with Gasteiger partial charge in [-0.3, -0.25) is 0 Å². The molecule has 0 aliphatic rings. The molecule has 0 unspecified atom stereocenters. The fraction of sp³-hybridized carbons (Fsp3) is 0.409. The normalized spacial score (nSPS) is 12.7. The van der Waals surface area contributed by atoms with Crippen molar-refractivity contribution in [2.24, 2.45) is 0 Å². The van der Waals surface area contributed by atoms with Crippen LogP contribution in [0.4, 0.5) is 18.0 Å². The number of esters is 1. The maximum atomic E-state index is 13.1. The highest BCUT2D eigenvalue weighted by Gasteiger charge is 2.48. The van der Waals surface area contributed by atoms with E-state index in [1.54, 1.807) is 27.7 Å². The van der Waals surface area contributed by atoms with Gasteiger partial charge in [-0.05, 0) is 45.9 Å². The van der Waals surface area contributed by atoms with Crippen molar-refractivity contribution in [2.45, 2.75) is 45.4 Å². The Morgan fingerprint density at radius 3 is 2.33 bits per heavy atom. The Morgan fingerprint density at radius 1 is 1.11 bits per heavy atom. The van der Waals surface area contributed by atoms with Crippen molar-refractivity contribution in [2.75, 3.05) is 13.7 Å². The largest absolute Gasteiger partial charge is 0.534 e. The number of aromatic nitrogens is 2. The van der Waals surface area contributed by atoms with E-state index in [2.05, 4.69) is 9.17 Å². The van der Waals surface area contributed by atoms with Gasteiger partial charge < -0.3 is 18.4 Å². The summed E-state index contributed by atoms with van der Waals surface area (Å²) in [6.07, 6.45) is 0.366. The zero-order valence-corrected chi connectivity index (χ0v) is 20.7. The quantitative estimate of drug-likeness (QED) is 0.256. The van der Waals surface area contributed by atoms with Gasteiger partial charge in [0, 0.05) is 23.4 Å². The van der Waals surface area contributed by atoms with Crippen molar-refractivity contribution < 1.29 is 49.6 Å². The van der Waals surface area contributed by atoms with E-state index in [4.69, 9.17) is 14.2 Å². The van der Waals surface area contributed by atoms with E-state index in [-0.39, 0.29) is 46.3 Å². The summed E-state index contributed by atoms with van der Waals surface area (Å²) in [6.45, 7) is 6.35. The summed E-state index contributed by atoms with van der Waals surface area (Å²) in [5, 5.41) is 0.274. The number of fused-ring (bicyclic) bond motifs is 3. The molecule has 10 nitrogen and oxygen atoms in total. The van der Waals surface area contributed by atoms with Gasteiger partial charge in [0.1, 0.15) is 11.4 Å². The first kappa shape index (κ1) is 27.2. The van der Waals surface area contributed by atoms with Gasteiger partial charge in [0.25, 0.3) is 0 Å². The number of methoxy groups -OCH3 is 1. The number of benzene rings is 1. The third kappa shape index (κ3) is 5.23. The number of carbonyl (C=O) groups excluding carboxylic acids is 2. The minimum absolute atomic E-state index is 0.0396. The molecule has 196 valence electrons. The van der Waals surface area contributed by atoms with Crippen LogP contribution in [0.3, 0.4) is 0 Å². The molecule has 2 heterocycles. The molecule has 3 aromatic rings. The Bertz CT molecular complexity index is 1440. The average Bonchev–Trinajstić information content (AvgIpc) is 3.06. The molecule has 0 radical (unpaired) electrons. The van der Waals surface area contributed by atoms with Crippen molar-refractivity contribution in [1.82, 2.24) is 9.55 Å². The van der Waals surface area contributed by atoms with Crippen LogP contribution in [-0.2, 0) is 30.9 Å². The van der Waals surface area contributed by atoms with Crippen LogP contribution in [0.15, 0.2) is 24.4 Å². The number of pyridine rings is 1. The summed E-state index contributed by atoms with van der Waals surface area (Å²) >= 11 is 0. The topological polar surface area (TPSA) is 123 Å². The molecule has 2 aromatic heterocycles. The van der Waals surface area contributed by atoms with Crippen molar-refractivity contribution in [1.29, 1.82) is 0 Å². The SMILES string of the molecule is CCOC(=O)c1ncc2c(c1COC)c1cc(OS(=O)(=O)C(F)(F)F)ccc1n2C(=O)OC(C)(C)C. The number of hydrogen-bond donors (Lipinski definition) is 0. The van der Waals surface area contributed by atoms with Gasteiger partial charge in [-0.25, -0.2) is 19.1 Å². The number of rotatable bonds is 6. The van der Waals surface area contributed by atoms with E-state index in [1.165, 1.54) is 19.4 Å². The van der Waals surface area contributed by atoms with Crippen molar-refractivity contribution in [3.05, 3.63) is 35.7 Å². The molecule has 0 aliphatic carbocycles. The minimum Gasteiger partial charge on any atom is -0.461 e. The lowest BCUT2D eigenvalue weighted by Crippen LogP contribution is -2.28. The lowest BCUT2D eigenvalue weighted by atomic mass is 10.1. The molecule has 0 atom stereocenters. The summed E-state index contributed by atoms with van der Waals surface area (Å²) in [5.41, 5.74) is -6.28. The fourth-order valence-corrected chi connectivity index (χ4v) is 3.89. The van der Waals surface area contributed by atoms with Crippen LogP contribution in [0.25, 0.3) is 21.8 Å². The van der Waals surface area contributed by atoms with Gasteiger partial charge in [0.15, 0.2) is 5.69 Å². The second-order valence-corrected chi connectivity index (χ2v) is 10.0. The first-order valence-corrected chi connectivity index (χ1v) is 11.9. The van der Waals surface area contributed by atoms with Crippen LogP contribution in [0.1, 0.15) is 43.7 Å². The summed E-state index contributed by atoms with van der Waals surface area (Å²) in [6, 6.07) is 3.16. The van der Waals surface area contributed by atoms with Crippen LogP contribution in [0.5, 0.6) is 5.75 Å². The average molecular weight is 532 g/mol. The predicted molar refractivity (Wildman–Crippen MR) is 121 cm³/mol. The first-order chi connectivity index (χ1) is 16.6. The zero-order valence-electron chi connectivity index (χ0n) is 19.9. The van der Waals surface area contributed by atoms with Gasteiger partial charge in [-0.1, -0.05) is 0 Å². The van der Waals surface area contributed by atoms with Crippen molar-refractivity contribution in [3.63, 3.8) is 0 Å². The number of carbonyl (C=O) groups is 2. The van der Waals surface area contributed by atoms with E-state index < -0.39 is 39.0 Å². The number of halogens is 3. The lowest BCUT2D eigenvalue weighted by molar-refractivity contribution is -0.0500. The molecule has 14 heteroatoms. The molecular weight excluding hydrogens is 509 g/mol. The van der Waals surface area contributed by atoms with E-state index in [0.717, 1.165) is 16.7 Å². The molecule has 0 aliphatic heterocycles. The molecule has 36 heavy (non-hydrogen) atoms. The molecule has 0 saturated carbocycles. The molecule has 0 saturated heterocycles. The van der Waals surface area contributed by atoms with Gasteiger partial charge in [-0.15, -0.1) is 0 Å². The Hall–Kier alpha value is -3.39. The smallest absolute Gasteiger partial charge is 0.461 e. The summed E-state index contributed by atoms with van der Waals surface area (Å²) in [7, 11) is -4.63. The Balaban J connectivity index is 2.39. The number of alkyl halides is 3. The van der Waals surface area contributed by atoms with Gasteiger partial charge in [-0.2, -0.15) is 21.6 Å². The molecule has 1 aromatic carbocycles. The first-order valence-electron chi connectivity index (χ1n) is 10.5. The highest BCUT2D eigenvalue weighted by Crippen LogP contribution is 2.37. The summed E-state index contributed by atoms with van der Waals surface area (Å²) in [5.74, 6) is -1.46. The van der Waals surface area contributed by atoms with Crippen LogP contribution in [0.2, 0.25) is 0 Å². The Labute approximate surface area is 204 Å². The van der Waals surface area contributed by atoms with Crippen LogP contribution in [-0.4, -0.2) is 54.9 Å². The molecule has 0 amide bonds. The monoisotopic (exact) mass is 532 g/mol. The van der Waals surface area contributed by atoms with E-state index >= 15 is 0 Å². The second-order valence-electron chi connectivity index (χ2n) is 8.48. The highest BCUT2D eigenvalue weighted by atomic mass is 32.2. The fourth-order valence-electron chi connectivity index (χ4n) is 3.44. The maximum Gasteiger partial charge on any atom is 0.534 e. The van der Waals surface area contributed by atoms with Crippen LogP contribution >= 0.6 is 0 Å². The Morgan fingerprint density at radius 2 is 1.78 bits per heavy atom. The van der Waals surface area contributed by atoms with Gasteiger partial charge >= 0.3 is 27.7 Å². The summed E-state index contributed by atoms with van der Waals surface area (Å²) in [4.78, 5) is 29.8. The zero-order chi connectivity index (χ0) is 27.1. The Kier molecular flexibility index (Phi) is 7.24. The van der Waals surface area contributed by atoms with Crippen LogP contribution in [0, 0.1) is 0 Å². The standard InChI is InChI=1S/C22H23F3N2O8S/c1-6-33-19(28)18-14(11-32-5)17-13-9-12(35-36(30,31)22(23,24)25)7-8-15(13)27(16(17)10-26-18)20(29)34-21(2,3)4/h7-10H,6,11H2,1-5H3. The summed E-state index contributed by atoms with van der Waals surface area (Å²) < 4.78 is 82.8. The number of ether oxygens (including phenoxy) is 3. The van der Waals surface area contributed by atoms with E-state index in [1.807, 2.05) is 0 Å². The molecular formula is C22H23F3N2O8S. The third-order valence-electron chi connectivity index (χ3n) is 4.70. The van der Waals surface area contributed by atoms with Gasteiger partial charge in [0.2, 0.25) is 0 Å². The van der Waals surface area contributed by atoms with Crippen molar-refractivity contribution >= 4 is 44.0 Å². The highest BCUT2D eigenvalue weighted by molar-refractivity contribution is 7.88. The van der Waals surface area contributed by atoms with Crippen LogP contribution < -0.4 is 4.18 Å². The third-order valence-corrected chi connectivity index (χ3v) is 5.68. The molecule has 0 N–H and O–H groups in total. The van der Waals surface area contributed by atoms with Crippen molar-refractivity contribution in [3.8, 4) is 5.75 Å². The van der Waals surface area contributed by atoms with E-state index in [9.17, 15) is 31.2 Å². The molecule has 3 rings (SSSR count).